The van der Waals surface area contributed by atoms with Gasteiger partial charge in [0, 0.05) is 31.5 Å². The molecule has 28 heavy (non-hydrogen) atoms. The molecule has 0 aliphatic heterocycles. The monoisotopic (exact) mass is 382 g/mol. The van der Waals surface area contributed by atoms with E-state index in [-0.39, 0.29) is 12.2 Å². The molecular formula is C22H26N2O4. The van der Waals surface area contributed by atoms with Gasteiger partial charge in [-0.25, -0.2) is 4.79 Å². The van der Waals surface area contributed by atoms with Crippen LogP contribution in [-0.4, -0.2) is 38.0 Å². The molecule has 0 saturated carbocycles. The molecule has 2 aromatic rings. The summed E-state index contributed by atoms with van der Waals surface area (Å²) < 4.78 is 17.6. The molecule has 6 heteroatoms. The Balaban J connectivity index is 2.01. The number of benzene rings is 1. The maximum atomic E-state index is 12.3. The first-order chi connectivity index (χ1) is 13.5. The van der Waals surface area contributed by atoms with E-state index in [9.17, 15) is 10.1 Å². The quantitative estimate of drug-likeness (QED) is 0.377. The minimum absolute atomic E-state index is 0.0123. The largest absolute Gasteiger partial charge is 0.497 e. The highest BCUT2D eigenvalue weighted by Gasteiger charge is 2.14. The fourth-order valence-electron chi connectivity index (χ4n) is 2.92. The van der Waals surface area contributed by atoms with Gasteiger partial charge in [-0.1, -0.05) is 12.1 Å². The first-order valence-corrected chi connectivity index (χ1v) is 9.07. The molecule has 0 N–H and O–H groups in total. The van der Waals surface area contributed by atoms with Crippen molar-refractivity contribution in [2.75, 3.05) is 27.4 Å². The van der Waals surface area contributed by atoms with E-state index in [0.29, 0.717) is 13.0 Å². The number of methoxy groups -OCH3 is 2. The lowest BCUT2D eigenvalue weighted by molar-refractivity contribution is -0.138. The summed E-state index contributed by atoms with van der Waals surface area (Å²) in [5, 5.41) is 9.38. The lowest BCUT2D eigenvalue weighted by atomic mass is 10.1. The molecule has 0 saturated heterocycles. The van der Waals surface area contributed by atoms with Crippen LogP contribution in [0.1, 0.15) is 22.5 Å². The molecule has 0 fully saturated rings. The van der Waals surface area contributed by atoms with Crippen molar-refractivity contribution in [3.8, 4) is 11.8 Å². The summed E-state index contributed by atoms with van der Waals surface area (Å²) in [5.41, 5.74) is 3.87. The van der Waals surface area contributed by atoms with Gasteiger partial charge in [-0.15, -0.1) is 0 Å². The van der Waals surface area contributed by atoms with Crippen molar-refractivity contribution in [2.45, 2.75) is 26.8 Å². The molecule has 148 valence electrons. The second-order valence-corrected chi connectivity index (χ2v) is 6.37. The molecule has 0 spiro atoms. The SMILES string of the molecule is COCCn1c(C)cc(/C=C(\C#N)C(=O)OCCc2ccc(OC)cc2)c1C. The van der Waals surface area contributed by atoms with Gasteiger partial charge in [0.1, 0.15) is 17.4 Å². The lowest BCUT2D eigenvalue weighted by Gasteiger charge is -2.08. The van der Waals surface area contributed by atoms with E-state index in [2.05, 4.69) is 4.57 Å². The Bertz CT molecular complexity index is 873. The zero-order valence-corrected chi connectivity index (χ0v) is 16.8. The Morgan fingerprint density at radius 2 is 1.89 bits per heavy atom. The third-order valence-corrected chi connectivity index (χ3v) is 4.55. The normalized spacial score (nSPS) is 11.2. The number of hydrogen-bond acceptors (Lipinski definition) is 5. The number of esters is 1. The summed E-state index contributed by atoms with van der Waals surface area (Å²) in [6.07, 6.45) is 2.15. The zero-order chi connectivity index (χ0) is 20.5. The van der Waals surface area contributed by atoms with Crippen LogP contribution < -0.4 is 4.74 Å². The van der Waals surface area contributed by atoms with Crippen molar-refractivity contribution in [3.63, 3.8) is 0 Å². The molecular weight excluding hydrogens is 356 g/mol. The number of carbonyl (C=O) groups is 1. The Kier molecular flexibility index (Phi) is 7.85. The van der Waals surface area contributed by atoms with Crippen molar-refractivity contribution in [2.24, 2.45) is 0 Å². The van der Waals surface area contributed by atoms with Crippen molar-refractivity contribution >= 4 is 12.0 Å². The predicted octanol–water partition coefficient (Wildman–Crippen LogP) is 3.45. The predicted molar refractivity (Wildman–Crippen MR) is 107 cm³/mol. The van der Waals surface area contributed by atoms with E-state index in [1.807, 2.05) is 50.2 Å². The van der Waals surface area contributed by atoms with Crippen LogP contribution in [0.5, 0.6) is 5.75 Å². The molecule has 0 aliphatic rings. The summed E-state index contributed by atoms with van der Waals surface area (Å²) in [7, 11) is 3.27. The maximum absolute atomic E-state index is 12.3. The second kappa shape index (κ2) is 10.3. The standard InChI is InChI=1S/C22H26N2O4/c1-16-13-19(17(2)24(16)10-12-26-3)14-20(15-23)22(25)28-11-9-18-5-7-21(27-4)8-6-18/h5-8,13-14H,9-12H2,1-4H3/b20-14+. The highest BCUT2D eigenvalue weighted by atomic mass is 16.5. The highest BCUT2D eigenvalue weighted by molar-refractivity contribution is 5.98. The van der Waals surface area contributed by atoms with Gasteiger partial charge in [-0.2, -0.15) is 5.26 Å². The number of hydrogen-bond donors (Lipinski definition) is 0. The fourth-order valence-corrected chi connectivity index (χ4v) is 2.92. The molecule has 1 heterocycles. The van der Waals surface area contributed by atoms with E-state index in [4.69, 9.17) is 14.2 Å². The van der Waals surface area contributed by atoms with Crippen molar-refractivity contribution in [3.05, 3.63) is 58.4 Å². The maximum Gasteiger partial charge on any atom is 0.348 e. The van der Waals surface area contributed by atoms with Crippen molar-refractivity contribution < 1.29 is 19.0 Å². The van der Waals surface area contributed by atoms with Gasteiger partial charge in [0.05, 0.1) is 20.3 Å². The van der Waals surface area contributed by atoms with Gasteiger partial charge < -0.3 is 18.8 Å². The Morgan fingerprint density at radius 1 is 1.18 bits per heavy atom. The minimum atomic E-state index is -0.613. The Morgan fingerprint density at radius 3 is 2.50 bits per heavy atom. The van der Waals surface area contributed by atoms with E-state index >= 15 is 0 Å². The number of rotatable bonds is 9. The van der Waals surface area contributed by atoms with E-state index < -0.39 is 5.97 Å². The van der Waals surface area contributed by atoms with Crippen molar-refractivity contribution in [1.29, 1.82) is 5.26 Å². The zero-order valence-electron chi connectivity index (χ0n) is 16.8. The summed E-state index contributed by atoms with van der Waals surface area (Å²) in [5.74, 6) is 0.163. The molecule has 0 amide bonds. The highest BCUT2D eigenvalue weighted by Crippen LogP contribution is 2.19. The van der Waals surface area contributed by atoms with Gasteiger partial charge in [-0.3, -0.25) is 0 Å². The van der Waals surface area contributed by atoms with Crippen LogP contribution in [0.2, 0.25) is 0 Å². The Labute approximate surface area is 165 Å². The summed E-state index contributed by atoms with van der Waals surface area (Å²) in [6, 6.07) is 11.5. The van der Waals surface area contributed by atoms with Crippen LogP contribution in [0.4, 0.5) is 0 Å². The number of ether oxygens (including phenoxy) is 3. The first kappa shape index (κ1) is 21.3. The van der Waals surface area contributed by atoms with Crippen LogP contribution >= 0.6 is 0 Å². The van der Waals surface area contributed by atoms with Crippen LogP contribution in [0.25, 0.3) is 6.08 Å². The van der Waals surface area contributed by atoms with Gasteiger partial charge in [0.25, 0.3) is 0 Å². The Hall–Kier alpha value is -3.04. The number of aromatic nitrogens is 1. The number of carbonyl (C=O) groups excluding carboxylic acids is 1. The number of aryl methyl sites for hydroxylation is 1. The summed E-state index contributed by atoms with van der Waals surface area (Å²) in [6.45, 7) is 5.46. The molecule has 0 aliphatic carbocycles. The van der Waals surface area contributed by atoms with Gasteiger partial charge in [0.2, 0.25) is 0 Å². The third-order valence-electron chi connectivity index (χ3n) is 4.55. The number of nitriles is 1. The third kappa shape index (κ3) is 5.48. The molecule has 0 atom stereocenters. The van der Waals surface area contributed by atoms with Gasteiger partial charge >= 0.3 is 5.97 Å². The molecule has 0 bridgehead atoms. The molecule has 0 unspecified atom stereocenters. The van der Waals surface area contributed by atoms with Gasteiger partial charge in [-0.05, 0) is 49.2 Å². The van der Waals surface area contributed by atoms with E-state index in [0.717, 1.165) is 34.8 Å². The second-order valence-electron chi connectivity index (χ2n) is 6.37. The van der Waals surface area contributed by atoms with Gasteiger partial charge in [0.15, 0.2) is 0 Å². The molecule has 1 aromatic carbocycles. The molecule has 1 aromatic heterocycles. The van der Waals surface area contributed by atoms with Crippen LogP contribution in [0.15, 0.2) is 35.9 Å². The minimum Gasteiger partial charge on any atom is -0.497 e. The average Bonchev–Trinajstić information content (AvgIpc) is 2.97. The van der Waals surface area contributed by atoms with Crippen molar-refractivity contribution in [1.82, 2.24) is 4.57 Å². The lowest BCUT2D eigenvalue weighted by Crippen LogP contribution is -2.10. The van der Waals surface area contributed by atoms with Crippen LogP contribution in [-0.2, 0) is 27.2 Å². The topological polar surface area (TPSA) is 73.5 Å². The molecule has 2 rings (SSSR count). The molecule has 6 nitrogen and oxygen atoms in total. The molecule has 0 radical (unpaired) electrons. The van der Waals surface area contributed by atoms with E-state index in [1.165, 1.54) is 0 Å². The summed E-state index contributed by atoms with van der Waals surface area (Å²) >= 11 is 0. The van der Waals surface area contributed by atoms with Crippen LogP contribution in [0, 0.1) is 25.2 Å². The average molecular weight is 382 g/mol. The van der Waals surface area contributed by atoms with Crippen LogP contribution in [0.3, 0.4) is 0 Å². The van der Waals surface area contributed by atoms with E-state index in [1.54, 1.807) is 20.3 Å². The first-order valence-electron chi connectivity index (χ1n) is 9.07. The fraction of sp³-hybridized carbons (Fsp3) is 0.364. The number of nitrogens with zero attached hydrogens (tertiary/aromatic N) is 2. The smallest absolute Gasteiger partial charge is 0.348 e. The summed E-state index contributed by atoms with van der Waals surface area (Å²) in [4.78, 5) is 12.3.